The zero-order valence-electron chi connectivity index (χ0n) is 16.0. The lowest BCUT2D eigenvalue weighted by Gasteiger charge is -2.01. The summed E-state index contributed by atoms with van der Waals surface area (Å²) in [5.41, 5.74) is 8.25. The van der Waals surface area contributed by atoms with Crippen molar-refractivity contribution in [3.63, 3.8) is 0 Å². The summed E-state index contributed by atoms with van der Waals surface area (Å²) in [4.78, 5) is 33.8. The van der Waals surface area contributed by atoms with Gasteiger partial charge >= 0.3 is 12.0 Å². The second-order valence-electron chi connectivity index (χ2n) is 6.34. The Hall–Kier alpha value is -4.20. The van der Waals surface area contributed by atoms with Crippen LogP contribution in [0.15, 0.2) is 72.9 Å². The standard InChI is InChI=1S/C22H20N4O4/c23-22(29)24-19(27)15-30-20(28)12-11-18-14-26(13-16-7-3-1-4-8-16)25-21(18)17-9-5-2-6-10-17/h1-12,14H,13,15H2,(H3,23,24,27,29)/b12-11+. The number of hydrogen-bond acceptors (Lipinski definition) is 5. The van der Waals surface area contributed by atoms with Crippen LogP contribution < -0.4 is 11.1 Å². The minimum atomic E-state index is -1.01. The van der Waals surface area contributed by atoms with E-state index in [9.17, 15) is 14.4 Å². The van der Waals surface area contributed by atoms with E-state index < -0.39 is 24.5 Å². The van der Waals surface area contributed by atoms with Crippen molar-refractivity contribution in [3.8, 4) is 11.3 Å². The molecule has 0 saturated heterocycles. The summed E-state index contributed by atoms with van der Waals surface area (Å²) in [6.45, 7) is -0.0306. The number of nitrogens with one attached hydrogen (secondary N) is 1. The van der Waals surface area contributed by atoms with Gasteiger partial charge in [-0.1, -0.05) is 60.7 Å². The van der Waals surface area contributed by atoms with Gasteiger partial charge in [-0.2, -0.15) is 5.10 Å². The van der Waals surface area contributed by atoms with Gasteiger partial charge in [0.05, 0.1) is 12.2 Å². The summed E-state index contributed by atoms with van der Waals surface area (Å²) < 4.78 is 6.60. The fraction of sp³-hybridized carbons (Fsp3) is 0.0909. The van der Waals surface area contributed by atoms with Crippen LogP contribution in [0.2, 0.25) is 0 Å². The number of imide groups is 1. The van der Waals surface area contributed by atoms with E-state index in [0.29, 0.717) is 12.2 Å². The Morgan fingerprint density at radius 1 is 1.03 bits per heavy atom. The molecule has 2 aromatic carbocycles. The minimum absolute atomic E-state index is 0.576. The lowest BCUT2D eigenvalue weighted by atomic mass is 10.1. The molecule has 3 aromatic rings. The molecule has 3 rings (SSSR count). The summed E-state index contributed by atoms with van der Waals surface area (Å²) in [6, 6.07) is 18.5. The highest BCUT2D eigenvalue weighted by Gasteiger charge is 2.11. The summed E-state index contributed by atoms with van der Waals surface area (Å²) in [5, 5.41) is 6.47. The van der Waals surface area contributed by atoms with E-state index >= 15 is 0 Å². The number of benzene rings is 2. The van der Waals surface area contributed by atoms with E-state index in [1.807, 2.05) is 72.2 Å². The van der Waals surface area contributed by atoms with Crippen LogP contribution in [0.4, 0.5) is 4.79 Å². The van der Waals surface area contributed by atoms with Gasteiger partial charge < -0.3 is 10.5 Å². The van der Waals surface area contributed by atoms with Crippen molar-refractivity contribution < 1.29 is 19.1 Å². The van der Waals surface area contributed by atoms with Gasteiger partial charge in [-0.3, -0.25) is 14.8 Å². The maximum absolute atomic E-state index is 11.9. The third kappa shape index (κ3) is 5.90. The summed E-state index contributed by atoms with van der Waals surface area (Å²) >= 11 is 0. The molecule has 30 heavy (non-hydrogen) atoms. The molecule has 0 bridgehead atoms. The van der Waals surface area contributed by atoms with Crippen molar-refractivity contribution in [3.05, 3.63) is 84.1 Å². The van der Waals surface area contributed by atoms with Gasteiger partial charge in [0, 0.05) is 23.4 Å². The average Bonchev–Trinajstić information content (AvgIpc) is 3.14. The summed E-state index contributed by atoms with van der Waals surface area (Å²) in [6.07, 6.45) is 4.61. The zero-order chi connectivity index (χ0) is 21.3. The second-order valence-corrected chi connectivity index (χ2v) is 6.34. The molecule has 0 atom stereocenters. The summed E-state index contributed by atoms with van der Waals surface area (Å²) in [7, 11) is 0. The van der Waals surface area contributed by atoms with E-state index in [4.69, 9.17) is 10.5 Å². The van der Waals surface area contributed by atoms with Crippen LogP contribution in [0, 0.1) is 0 Å². The first kappa shape index (κ1) is 20.5. The predicted octanol–water partition coefficient (Wildman–Crippen LogP) is 2.35. The number of nitrogens with zero attached hydrogens (tertiary/aromatic N) is 2. The van der Waals surface area contributed by atoms with Crippen LogP contribution in [0.5, 0.6) is 0 Å². The van der Waals surface area contributed by atoms with Crippen LogP contribution >= 0.6 is 0 Å². The van der Waals surface area contributed by atoms with Crippen molar-refractivity contribution in [2.75, 3.05) is 6.61 Å². The maximum Gasteiger partial charge on any atom is 0.331 e. The molecule has 0 aliphatic rings. The smallest absolute Gasteiger partial charge is 0.331 e. The molecule has 0 unspecified atom stereocenters. The van der Waals surface area contributed by atoms with Gasteiger partial charge in [0.2, 0.25) is 0 Å². The van der Waals surface area contributed by atoms with Crippen molar-refractivity contribution >= 4 is 24.0 Å². The Balaban J connectivity index is 1.76. The molecule has 0 fully saturated rings. The van der Waals surface area contributed by atoms with E-state index in [1.54, 1.807) is 10.8 Å². The topological polar surface area (TPSA) is 116 Å². The Morgan fingerprint density at radius 3 is 2.37 bits per heavy atom. The number of primary amides is 1. The van der Waals surface area contributed by atoms with Gasteiger partial charge in [-0.15, -0.1) is 0 Å². The zero-order valence-corrected chi connectivity index (χ0v) is 16.0. The van der Waals surface area contributed by atoms with Crippen molar-refractivity contribution in [2.24, 2.45) is 5.73 Å². The lowest BCUT2D eigenvalue weighted by Crippen LogP contribution is -2.37. The second kappa shape index (κ2) is 9.83. The third-order valence-corrected chi connectivity index (χ3v) is 4.03. The number of carbonyl (C=O) groups is 3. The van der Waals surface area contributed by atoms with Crippen LogP contribution in [-0.2, 0) is 20.9 Å². The van der Waals surface area contributed by atoms with Crippen LogP contribution in [0.1, 0.15) is 11.1 Å². The molecule has 8 nitrogen and oxygen atoms in total. The van der Waals surface area contributed by atoms with Crippen LogP contribution in [0.3, 0.4) is 0 Å². The van der Waals surface area contributed by atoms with Crippen LogP contribution in [-0.4, -0.2) is 34.3 Å². The Morgan fingerprint density at radius 2 is 1.70 bits per heavy atom. The van der Waals surface area contributed by atoms with E-state index in [0.717, 1.165) is 16.7 Å². The van der Waals surface area contributed by atoms with Gasteiger partial charge in [-0.05, 0) is 11.6 Å². The van der Waals surface area contributed by atoms with E-state index in [1.165, 1.54) is 6.08 Å². The van der Waals surface area contributed by atoms with Gasteiger partial charge in [-0.25, -0.2) is 9.59 Å². The number of ether oxygens (including phenoxy) is 1. The largest absolute Gasteiger partial charge is 0.452 e. The Kier molecular flexibility index (Phi) is 6.73. The molecule has 0 aliphatic heterocycles. The fourth-order valence-corrected chi connectivity index (χ4v) is 2.75. The molecule has 8 heteroatoms. The number of carbonyl (C=O) groups excluding carboxylic acids is 3. The third-order valence-electron chi connectivity index (χ3n) is 4.03. The van der Waals surface area contributed by atoms with E-state index in [2.05, 4.69) is 5.10 Å². The molecule has 0 aliphatic carbocycles. The van der Waals surface area contributed by atoms with Crippen molar-refractivity contribution in [2.45, 2.75) is 6.54 Å². The first-order chi connectivity index (χ1) is 14.5. The molecule has 0 saturated carbocycles. The lowest BCUT2D eigenvalue weighted by molar-refractivity contribution is -0.143. The highest BCUT2D eigenvalue weighted by molar-refractivity contribution is 5.96. The fourth-order valence-electron chi connectivity index (χ4n) is 2.75. The molecular weight excluding hydrogens is 384 g/mol. The summed E-state index contributed by atoms with van der Waals surface area (Å²) in [5.74, 6) is -1.53. The number of rotatable bonds is 7. The number of aromatic nitrogens is 2. The number of hydrogen-bond donors (Lipinski definition) is 2. The van der Waals surface area contributed by atoms with Crippen molar-refractivity contribution in [1.29, 1.82) is 0 Å². The average molecular weight is 404 g/mol. The Bertz CT molecular complexity index is 1060. The van der Waals surface area contributed by atoms with E-state index in [-0.39, 0.29) is 0 Å². The first-order valence-corrected chi connectivity index (χ1v) is 9.12. The molecule has 1 heterocycles. The SMILES string of the molecule is NC(=O)NC(=O)COC(=O)/C=C/c1cn(Cc2ccccc2)nc1-c1ccccc1. The van der Waals surface area contributed by atoms with Gasteiger partial charge in [0.1, 0.15) is 0 Å². The molecule has 1 aromatic heterocycles. The number of amides is 3. The molecule has 3 amide bonds. The predicted molar refractivity (Wildman–Crippen MR) is 111 cm³/mol. The monoisotopic (exact) mass is 404 g/mol. The molecule has 0 radical (unpaired) electrons. The maximum atomic E-state index is 11.9. The minimum Gasteiger partial charge on any atom is -0.452 e. The highest BCUT2D eigenvalue weighted by Crippen LogP contribution is 2.23. The molecule has 152 valence electrons. The highest BCUT2D eigenvalue weighted by atomic mass is 16.5. The first-order valence-electron chi connectivity index (χ1n) is 9.12. The quantitative estimate of drug-likeness (QED) is 0.463. The number of esters is 1. The number of urea groups is 1. The molecule has 0 spiro atoms. The van der Waals surface area contributed by atoms with Gasteiger partial charge in [0.25, 0.3) is 5.91 Å². The normalized spacial score (nSPS) is 10.7. The van der Waals surface area contributed by atoms with Crippen molar-refractivity contribution in [1.82, 2.24) is 15.1 Å². The van der Waals surface area contributed by atoms with Crippen LogP contribution in [0.25, 0.3) is 17.3 Å². The molecular formula is C22H20N4O4. The number of nitrogens with two attached hydrogens (primary N) is 1. The Labute approximate surface area is 173 Å². The molecule has 3 N–H and O–H groups in total. The van der Waals surface area contributed by atoms with Gasteiger partial charge in [0.15, 0.2) is 6.61 Å².